The number of aliphatic hydroxyl groups is 1. The Kier molecular flexibility index (Phi) is 12.9. The van der Waals surface area contributed by atoms with Crippen molar-refractivity contribution in [2.24, 2.45) is 11.3 Å². The number of halogens is 2. The second-order valence-electron chi connectivity index (χ2n) is 9.81. The van der Waals surface area contributed by atoms with Crippen molar-refractivity contribution >= 4 is 5.97 Å². The van der Waals surface area contributed by atoms with Gasteiger partial charge in [0.1, 0.15) is 0 Å². The molecule has 192 valence electrons. The molecule has 0 radical (unpaired) electrons. The SMILES string of the molecule is CCCCCCCC[C@@]1(C(F)F)CC[C@H](O)[C@H]1CC=CCCC(OC1CCCCO1)C(=O)O. The highest BCUT2D eigenvalue weighted by Gasteiger charge is 2.52. The first-order valence-electron chi connectivity index (χ1n) is 13.0. The molecule has 5 nitrogen and oxygen atoms in total. The zero-order valence-electron chi connectivity index (χ0n) is 20.2. The number of aliphatic carboxylic acids is 1. The minimum atomic E-state index is -2.44. The third-order valence-corrected chi connectivity index (χ3v) is 7.42. The molecule has 2 N–H and O–H groups in total. The van der Waals surface area contributed by atoms with Gasteiger partial charge in [-0.3, -0.25) is 0 Å². The molecule has 2 rings (SSSR count). The van der Waals surface area contributed by atoms with Crippen LogP contribution in [0.3, 0.4) is 0 Å². The van der Waals surface area contributed by atoms with Crippen molar-refractivity contribution in [3.05, 3.63) is 12.2 Å². The van der Waals surface area contributed by atoms with Crippen LogP contribution < -0.4 is 0 Å². The number of hydrogen-bond donors (Lipinski definition) is 2. The fourth-order valence-corrected chi connectivity index (χ4v) is 5.36. The summed E-state index contributed by atoms with van der Waals surface area (Å²) in [4.78, 5) is 11.5. The highest BCUT2D eigenvalue weighted by atomic mass is 19.3. The number of ether oxygens (including phenoxy) is 2. The van der Waals surface area contributed by atoms with Crippen LogP contribution in [0.15, 0.2) is 12.2 Å². The van der Waals surface area contributed by atoms with Crippen LogP contribution >= 0.6 is 0 Å². The molecule has 0 aromatic rings. The lowest BCUT2D eigenvalue weighted by atomic mass is 9.72. The zero-order chi connectivity index (χ0) is 24.1. The Morgan fingerprint density at radius 3 is 2.58 bits per heavy atom. The first-order chi connectivity index (χ1) is 15.9. The number of carboxylic acids is 1. The fourth-order valence-electron chi connectivity index (χ4n) is 5.36. The second-order valence-corrected chi connectivity index (χ2v) is 9.81. The Hall–Kier alpha value is -1.05. The second kappa shape index (κ2) is 15.0. The van der Waals surface area contributed by atoms with E-state index in [0.717, 1.165) is 44.9 Å². The highest BCUT2D eigenvalue weighted by molar-refractivity contribution is 5.72. The van der Waals surface area contributed by atoms with Gasteiger partial charge in [-0.2, -0.15) is 0 Å². The number of hydrogen-bond acceptors (Lipinski definition) is 4. The molecule has 0 spiro atoms. The van der Waals surface area contributed by atoms with Crippen molar-refractivity contribution in [3.8, 4) is 0 Å². The van der Waals surface area contributed by atoms with E-state index in [1.54, 1.807) is 0 Å². The highest BCUT2D eigenvalue weighted by Crippen LogP contribution is 2.52. The minimum absolute atomic E-state index is 0.302. The molecule has 0 aromatic carbocycles. The van der Waals surface area contributed by atoms with Crippen molar-refractivity contribution in [1.29, 1.82) is 0 Å². The Balaban J connectivity index is 1.83. The Bertz CT molecular complexity index is 579. The van der Waals surface area contributed by atoms with Crippen molar-refractivity contribution in [3.63, 3.8) is 0 Å². The van der Waals surface area contributed by atoms with Crippen LogP contribution in [0.25, 0.3) is 0 Å². The molecule has 1 saturated carbocycles. The lowest BCUT2D eigenvalue weighted by molar-refractivity contribution is -0.201. The van der Waals surface area contributed by atoms with Crippen molar-refractivity contribution in [2.45, 2.75) is 128 Å². The lowest BCUT2D eigenvalue weighted by Crippen LogP contribution is -2.37. The van der Waals surface area contributed by atoms with Crippen LogP contribution in [0.4, 0.5) is 8.78 Å². The number of alkyl halides is 2. The van der Waals surface area contributed by atoms with E-state index in [1.165, 1.54) is 6.42 Å². The molecule has 2 unspecified atom stereocenters. The summed E-state index contributed by atoms with van der Waals surface area (Å²) < 4.78 is 39.5. The molecular formula is C26H44F2O5. The van der Waals surface area contributed by atoms with Gasteiger partial charge < -0.3 is 19.7 Å². The van der Waals surface area contributed by atoms with Crippen LogP contribution in [0.1, 0.15) is 103 Å². The summed E-state index contributed by atoms with van der Waals surface area (Å²) in [5.41, 5.74) is -1.11. The van der Waals surface area contributed by atoms with Gasteiger partial charge in [0.05, 0.1) is 6.10 Å². The number of carboxylic acid groups (broad SMARTS) is 1. The summed E-state index contributed by atoms with van der Waals surface area (Å²) >= 11 is 0. The van der Waals surface area contributed by atoms with Gasteiger partial charge in [0.25, 0.3) is 0 Å². The normalized spacial score (nSPS) is 29.2. The maximum atomic E-state index is 14.2. The first kappa shape index (κ1) is 28.2. The van der Waals surface area contributed by atoms with E-state index in [1.807, 2.05) is 12.2 Å². The van der Waals surface area contributed by atoms with E-state index in [0.29, 0.717) is 51.6 Å². The third-order valence-electron chi connectivity index (χ3n) is 7.42. The molecule has 1 aliphatic carbocycles. The molecule has 2 aliphatic rings. The van der Waals surface area contributed by atoms with Gasteiger partial charge in [0.2, 0.25) is 6.43 Å². The Morgan fingerprint density at radius 2 is 1.91 bits per heavy atom. The summed E-state index contributed by atoms with van der Waals surface area (Å²) in [7, 11) is 0. The Labute approximate surface area is 197 Å². The molecule has 1 aliphatic heterocycles. The van der Waals surface area contributed by atoms with E-state index in [-0.39, 0.29) is 0 Å². The molecular weight excluding hydrogens is 430 g/mol. The summed E-state index contributed by atoms with van der Waals surface area (Å²) in [6, 6.07) is 0. The van der Waals surface area contributed by atoms with Gasteiger partial charge in [-0.1, -0.05) is 57.6 Å². The van der Waals surface area contributed by atoms with Gasteiger partial charge >= 0.3 is 5.97 Å². The summed E-state index contributed by atoms with van der Waals surface area (Å²) in [5.74, 6) is -1.47. The molecule has 1 saturated heterocycles. The average Bonchev–Trinajstić information content (AvgIpc) is 3.12. The first-order valence-corrected chi connectivity index (χ1v) is 13.0. The molecule has 0 amide bonds. The number of unbranched alkanes of at least 4 members (excludes halogenated alkanes) is 5. The maximum absolute atomic E-state index is 14.2. The predicted molar refractivity (Wildman–Crippen MR) is 124 cm³/mol. The van der Waals surface area contributed by atoms with Crippen LogP contribution in [-0.2, 0) is 14.3 Å². The van der Waals surface area contributed by atoms with Crippen LogP contribution in [0, 0.1) is 11.3 Å². The smallest absolute Gasteiger partial charge is 0.332 e. The van der Waals surface area contributed by atoms with E-state index in [2.05, 4.69) is 6.92 Å². The van der Waals surface area contributed by atoms with Gasteiger partial charge in [-0.05, 0) is 63.7 Å². The van der Waals surface area contributed by atoms with Crippen molar-refractivity contribution in [1.82, 2.24) is 0 Å². The third kappa shape index (κ3) is 8.91. The van der Waals surface area contributed by atoms with E-state index < -0.39 is 42.2 Å². The van der Waals surface area contributed by atoms with Gasteiger partial charge in [-0.25, -0.2) is 13.6 Å². The minimum Gasteiger partial charge on any atom is -0.479 e. The standard InChI is InChI=1S/C26H44F2O5/c1-2-3-4-5-6-11-17-26(25(27)28)18-16-21(29)20(26)13-8-7-9-14-22(24(30)31)33-23-15-10-12-19-32-23/h7-8,20-23,25,29H,2-6,9-19H2,1H3,(H,30,31)/t20-,21+,22?,23?,26-/m1/s1. The van der Waals surface area contributed by atoms with Gasteiger partial charge in [0.15, 0.2) is 12.4 Å². The van der Waals surface area contributed by atoms with Crippen molar-refractivity contribution in [2.75, 3.05) is 6.61 Å². The van der Waals surface area contributed by atoms with Crippen LogP contribution in [0.2, 0.25) is 0 Å². The molecule has 7 heteroatoms. The quantitative estimate of drug-likeness (QED) is 0.198. The van der Waals surface area contributed by atoms with Crippen LogP contribution in [0.5, 0.6) is 0 Å². The lowest BCUT2D eigenvalue weighted by Gasteiger charge is -2.35. The zero-order valence-corrected chi connectivity index (χ0v) is 20.2. The average molecular weight is 475 g/mol. The topological polar surface area (TPSA) is 76.0 Å². The van der Waals surface area contributed by atoms with E-state index >= 15 is 0 Å². The number of aliphatic hydroxyl groups excluding tert-OH is 1. The van der Waals surface area contributed by atoms with Gasteiger partial charge in [-0.15, -0.1) is 0 Å². The monoisotopic (exact) mass is 474 g/mol. The summed E-state index contributed by atoms with van der Waals surface area (Å²) in [6.45, 7) is 2.75. The number of allylic oxidation sites excluding steroid dienone is 2. The summed E-state index contributed by atoms with van der Waals surface area (Å²) in [6.07, 6.45) is 10.5. The largest absolute Gasteiger partial charge is 0.479 e. The maximum Gasteiger partial charge on any atom is 0.332 e. The van der Waals surface area contributed by atoms with E-state index in [9.17, 15) is 23.8 Å². The molecule has 33 heavy (non-hydrogen) atoms. The van der Waals surface area contributed by atoms with E-state index in [4.69, 9.17) is 9.47 Å². The summed E-state index contributed by atoms with van der Waals surface area (Å²) in [5, 5.41) is 19.9. The molecule has 0 bridgehead atoms. The molecule has 0 aromatic heterocycles. The molecule has 1 heterocycles. The van der Waals surface area contributed by atoms with Crippen LogP contribution in [-0.4, -0.2) is 47.7 Å². The number of rotatable bonds is 16. The number of carbonyl (C=O) groups is 1. The predicted octanol–water partition coefficient (Wildman–Crippen LogP) is 6.48. The van der Waals surface area contributed by atoms with Crippen molar-refractivity contribution < 1.29 is 33.3 Å². The van der Waals surface area contributed by atoms with Gasteiger partial charge in [0, 0.05) is 12.0 Å². The Morgan fingerprint density at radius 1 is 1.15 bits per heavy atom. The molecule has 2 fully saturated rings. The fraction of sp³-hybridized carbons (Fsp3) is 0.885. The molecule has 5 atom stereocenters.